The third-order valence-corrected chi connectivity index (χ3v) is 2.87. The van der Waals surface area contributed by atoms with Gasteiger partial charge in [0, 0.05) is 23.5 Å². The number of aliphatic carboxylic acids is 1. The van der Waals surface area contributed by atoms with E-state index in [1.807, 2.05) is 24.3 Å². The molecule has 3 N–H and O–H groups in total. The molecule has 1 aromatic heterocycles. The molecule has 0 aliphatic heterocycles. The number of benzene rings is 1. The van der Waals surface area contributed by atoms with Crippen molar-refractivity contribution >= 4 is 23.0 Å². The first-order valence-corrected chi connectivity index (χ1v) is 5.74. The summed E-state index contributed by atoms with van der Waals surface area (Å²) in [5, 5.41) is 12.3. The maximum absolute atomic E-state index is 11.1. The minimum atomic E-state index is -1.10. The number of nitrogens with one attached hydrogen (secondary N) is 2. The Morgan fingerprint density at radius 2 is 2.16 bits per heavy atom. The molecule has 1 unspecified atom stereocenters. The molecule has 0 bridgehead atoms. The van der Waals surface area contributed by atoms with Gasteiger partial charge in [-0.05, 0) is 11.6 Å². The number of carbonyl (C=O) groups excluding carboxylic acids is 1. The van der Waals surface area contributed by atoms with Gasteiger partial charge in [-0.3, -0.25) is 0 Å². The number of aromatic amines is 1. The van der Waals surface area contributed by atoms with Crippen LogP contribution in [0.3, 0.4) is 0 Å². The predicted molar refractivity (Wildman–Crippen MR) is 69.0 cm³/mol. The summed E-state index contributed by atoms with van der Waals surface area (Å²) in [7, 11) is 1.19. The molecule has 1 heterocycles. The first-order chi connectivity index (χ1) is 9.11. The number of carboxylic acids is 1. The second kappa shape index (κ2) is 5.43. The van der Waals surface area contributed by atoms with E-state index in [1.54, 1.807) is 6.20 Å². The SMILES string of the molecule is COC(=O)NC(Cc1c[nH]c2ccccc12)C(=O)O. The third kappa shape index (κ3) is 2.85. The third-order valence-electron chi connectivity index (χ3n) is 2.87. The summed E-state index contributed by atoms with van der Waals surface area (Å²) in [5.41, 5.74) is 1.76. The molecule has 1 amide bonds. The van der Waals surface area contributed by atoms with E-state index in [9.17, 15) is 9.59 Å². The Hall–Kier alpha value is -2.50. The zero-order valence-corrected chi connectivity index (χ0v) is 10.3. The number of carboxylic acid groups (broad SMARTS) is 1. The molecule has 1 atom stereocenters. The Morgan fingerprint density at radius 3 is 2.84 bits per heavy atom. The fourth-order valence-electron chi connectivity index (χ4n) is 1.92. The van der Waals surface area contributed by atoms with Gasteiger partial charge in [0.05, 0.1) is 7.11 Å². The quantitative estimate of drug-likeness (QED) is 0.779. The zero-order chi connectivity index (χ0) is 13.8. The molecule has 0 aliphatic carbocycles. The molecule has 6 nitrogen and oxygen atoms in total. The largest absolute Gasteiger partial charge is 0.480 e. The van der Waals surface area contributed by atoms with Crippen LogP contribution in [0, 0.1) is 0 Å². The van der Waals surface area contributed by atoms with E-state index in [1.165, 1.54) is 7.11 Å². The number of methoxy groups -OCH3 is 1. The Morgan fingerprint density at radius 1 is 1.42 bits per heavy atom. The number of carbonyl (C=O) groups is 2. The molecule has 6 heteroatoms. The van der Waals surface area contributed by atoms with Gasteiger partial charge in [-0.1, -0.05) is 18.2 Å². The van der Waals surface area contributed by atoms with E-state index >= 15 is 0 Å². The highest BCUT2D eigenvalue weighted by molar-refractivity contribution is 5.85. The summed E-state index contributed by atoms with van der Waals surface area (Å²) in [4.78, 5) is 25.3. The highest BCUT2D eigenvalue weighted by Gasteiger charge is 2.21. The second-order valence-corrected chi connectivity index (χ2v) is 4.09. The molecule has 2 rings (SSSR count). The fourth-order valence-corrected chi connectivity index (χ4v) is 1.92. The van der Waals surface area contributed by atoms with E-state index in [4.69, 9.17) is 5.11 Å². The zero-order valence-electron chi connectivity index (χ0n) is 10.3. The summed E-state index contributed by atoms with van der Waals surface area (Å²) in [6.45, 7) is 0. The van der Waals surface area contributed by atoms with Gasteiger partial charge >= 0.3 is 12.1 Å². The lowest BCUT2D eigenvalue weighted by atomic mass is 10.1. The van der Waals surface area contributed by atoms with Crippen molar-refractivity contribution < 1.29 is 19.4 Å². The number of fused-ring (bicyclic) bond motifs is 1. The lowest BCUT2D eigenvalue weighted by Gasteiger charge is -2.12. The van der Waals surface area contributed by atoms with Gasteiger partial charge in [0.25, 0.3) is 0 Å². The second-order valence-electron chi connectivity index (χ2n) is 4.09. The number of amides is 1. The monoisotopic (exact) mass is 262 g/mol. The standard InChI is InChI=1S/C13H14N2O4/c1-19-13(18)15-11(12(16)17)6-8-7-14-10-5-3-2-4-9(8)10/h2-5,7,11,14H,6H2,1H3,(H,15,18)(H,16,17). The Labute approximate surface area is 109 Å². The number of aromatic nitrogens is 1. The number of rotatable bonds is 4. The molecular formula is C13H14N2O4. The summed E-state index contributed by atoms with van der Waals surface area (Å²) in [5.74, 6) is -1.10. The number of hydrogen-bond donors (Lipinski definition) is 3. The molecule has 0 fully saturated rings. The minimum absolute atomic E-state index is 0.189. The number of ether oxygens (including phenoxy) is 1. The van der Waals surface area contributed by atoms with E-state index in [0.717, 1.165) is 16.5 Å². The van der Waals surface area contributed by atoms with Crippen molar-refractivity contribution in [2.24, 2.45) is 0 Å². The number of alkyl carbamates (subject to hydrolysis) is 1. The Bertz CT molecular complexity index is 605. The van der Waals surface area contributed by atoms with Crippen LogP contribution in [-0.2, 0) is 16.0 Å². The van der Waals surface area contributed by atoms with Crippen LogP contribution >= 0.6 is 0 Å². The van der Waals surface area contributed by atoms with Crippen molar-refractivity contribution in [1.29, 1.82) is 0 Å². The van der Waals surface area contributed by atoms with Crippen LogP contribution in [0.5, 0.6) is 0 Å². The van der Waals surface area contributed by atoms with Crippen molar-refractivity contribution in [1.82, 2.24) is 10.3 Å². The van der Waals surface area contributed by atoms with Crippen LogP contribution in [0.1, 0.15) is 5.56 Å². The molecule has 0 aliphatic rings. The highest BCUT2D eigenvalue weighted by Crippen LogP contribution is 2.19. The van der Waals surface area contributed by atoms with Gasteiger partial charge < -0.3 is 20.1 Å². The van der Waals surface area contributed by atoms with Gasteiger partial charge in [0.2, 0.25) is 0 Å². The Balaban J connectivity index is 2.21. The summed E-state index contributed by atoms with van der Waals surface area (Å²) < 4.78 is 4.42. The van der Waals surface area contributed by atoms with Crippen molar-refractivity contribution in [3.8, 4) is 0 Å². The molecule has 0 saturated carbocycles. The first-order valence-electron chi connectivity index (χ1n) is 5.74. The lowest BCUT2D eigenvalue weighted by Crippen LogP contribution is -2.42. The average Bonchev–Trinajstić information content (AvgIpc) is 2.81. The molecule has 19 heavy (non-hydrogen) atoms. The maximum atomic E-state index is 11.1. The number of para-hydroxylation sites is 1. The maximum Gasteiger partial charge on any atom is 0.407 e. The smallest absolute Gasteiger partial charge is 0.407 e. The van der Waals surface area contributed by atoms with Crippen molar-refractivity contribution in [3.63, 3.8) is 0 Å². The van der Waals surface area contributed by atoms with Crippen LogP contribution in [0.2, 0.25) is 0 Å². The van der Waals surface area contributed by atoms with Crippen molar-refractivity contribution in [2.75, 3.05) is 7.11 Å². The van der Waals surface area contributed by atoms with E-state index in [0.29, 0.717) is 0 Å². The molecule has 1 aromatic carbocycles. The molecule has 2 aromatic rings. The van der Waals surface area contributed by atoms with Crippen LogP contribution in [0.25, 0.3) is 10.9 Å². The summed E-state index contributed by atoms with van der Waals surface area (Å²) in [6, 6.07) is 6.56. The van der Waals surface area contributed by atoms with E-state index in [2.05, 4.69) is 15.0 Å². The lowest BCUT2D eigenvalue weighted by molar-refractivity contribution is -0.139. The Kier molecular flexibility index (Phi) is 3.70. The number of hydrogen-bond acceptors (Lipinski definition) is 3. The van der Waals surface area contributed by atoms with Gasteiger partial charge in [0.1, 0.15) is 6.04 Å². The fraction of sp³-hybridized carbons (Fsp3) is 0.231. The molecule has 0 spiro atoms. The minimum Gasteiger partial charge on any atom is -0.480 e. The number of H-pyrrole nitrogens is 1. The molecular weight excluding hydrogens is 248 g/mol. The summed E-state index contributed by atoms with van der Waals surface area (Å²) in [6.07, 6.45) is 1.18. The topological polar surface area (TPSA) is 91.4 Å². The van der Waals surface area contributed by atoms with E-state index < -0.39 is 18.1 Å². The van der Waals surface area contributed by atoms with Gasteiger partial charge in [-0.2, -0.15) is 0 Å². The van der Waals surface area contributed by atoms with Gasteiger partial charge in [-0.25, -0.2) is 9.59 Å². The normalized spacial score (nSPS) is 12.1. The molecule has 100 valence electrons. The molecule has 0 radical (unpaired) electrons. The van der Waals surface area contributed by atoms with Crippen molar-refractivity contribution in [3.05, 3.63) is 36.0 Å². The van der Waals surface area contributed by atoms with Crippen LogP contribution in [0.4, 0.5) is 4.79 Å². The van der Waals surface area contributed by atoms with Crippen LogP contribution < -0.4 is 5.32 Å². The van der Waals surface area contributed by atoms with Crippen LogP contribution in [0.15, 0.2) is 30.5 Å². The predicted octanol–water partition coefficient (Wildman–Crippen LogP) is 1.52. The summed E-state index contributed by atoms with van der Waals surface area (Å²) >= 11 is 0. The molecule has 0 saturated heterocycles. The van der Waals surface area contributed by atoms with Crippen LogP contribution in [-0.4, -0.2) is 35.3 Å². The van der Waals surface area contributed by atoms with E-state index in [-0.39, 0.29) is 6.42 Å². The van der Waals surface area contributed by atoms with Gasteiger partial charge in [-0.15, -0.1) is 0 Å². The van der Waals surface area contributed by atoms with Gasteiger partial charge in [0.15, 0.2) is 0 Å². The average molecular weight is 262 g/mol. The highest BCUT2D eigenvalue weighted by atomic mass is 16.5. The van der Waals surface area contributed by atoms with Crippen molar-refractivity contribution in [2.45, 2.75) is 12.5 Å². The first kappa shape index (κ1) is 12.9.